The third-order valence-corrected chi connectivity index (χ3v) is 4.77. The second kappa shape index (κ2) is 7.23. The lowest BCUT2D eigenvalue weighted by atomic mass is 10.1. The fourth-order valence-electron chi connectivity index (χ4n) is 3.14. The summed E-state index contributed by atoms with van der Waals surface area (Å²) in [5.41, 5.74) is 0.981. The van der Waals surface area contributed by atoms with Gasteiger partial charge in [-0.1, -0.05) is 30.3 Å². The third kappa shape index (κ3) is 3.74. The van der Waals surface area contributed by atoms with Gasteiger partial charge in [-0.2, -0.15) is 0 Å². The highest BCUT2D eigenvalue weighted by atomic mass is 19.1. The van der Waals surface area contributed by atoms with Crippen molar-refractivity contribution in [1.82, 2.24) is 4.90 Å². The average Bonchev–Trinajstić information content (AvgIpc) is 3.42. The van der Waals surface area contributed by atoms with Gasteiger partial charge in [-0.3, -0.25) is 4.79 Å². The molecule has 3 rings (SSSR count). The van der Waals surface area contributed by atoms with E-state index in [9.17, 15) is 23.5 Å². The zero-order valence-corrected chi connectivity index (χ0v) is 14.2. The van der Waals surface area contributed by atoms with Gasteiger partial charge in [-0.05, 0) is 48.6 Å². The molecule has 0 bridgehead atoms. The topological polar surface area (TPSA) is 57.6 Å². The third-order valence-electron chi connectivity index (χ3n) is 4.77. The number of amides is 1. The molecule has 0 saturated heterocycles. The molecule has 0 aliphatic heterocycles. The highest BCUT2D eigenvalue weighted by Gasteiger charge is 2.48. The molecule has 6 heteroatoms. The van der Waals surface area contributed by atoms with E-state index in [4.69, 9.17) is 0 Å². The summed E-state index contributed by atoms with van der Waals surface area (Å²) < 4.78 is 27.4. The molecule has 1 aliphatic carbocycles. The number of rotatable bonds is 6. The normalized spacial score (nSPS) is 19.7. The van der Waals surface area contributed by atoms with Crippen LogP contribution < -0.4 is 0 Å². The number of carbonyl (C=O) groups is 2. The summed E-state index contributed by atoms with van der Waals surface area (Å²) in [6.07, 6.45) is 0.386. The largest absolute Gasteiger partial charge is 0.480 e. The second-order valence-electron chi connectivity index (χ2n) is 6.58. The van der Waals surface area contributed by atoms with Gasteiger partial charge >= 0.3 is 5.97 Å². The molecule has 3 unspecified atom stereocenters. The minimum atomic E-state index is -1.11. The van der Waals surface area contributed by atoms with Crippen molar-refractivity contribution in [2.24, 2.45) is 5.92 Å². The van der Waals surface area contributed by atoms with Crippen molar-refractivity contribution in [1.29, 1.82) is 0 Å². The fraction of sp³-hybridized carbons (Fsp3) is 0.300. The minimum absolute atomic E-state index is 0.155. The highest BCUT2D eigenvalue weighted by Crippen LogP contribution is 2.49. The van der Waals surface area contributed by atoms with Gasteiger partial charge in [0.1, 0.15) is 17.7 Å². The Labute approximate surface area is 150 Å². The van der Waals surface area contributed by atoms with Crippen molar-refractivity contribution < 1.29 is 23.5 Å². The Kier molecular flexibility index (Phi) is 5.02. The summed E-state index contributed by atoms with van der Waals surface area (Å²) in [6, 6.07) is 11.3. The van der Waals surface area contributed by atoms with E-state index in [1.54, 1.807) is 0 Å². The van der Waals surface area contributed by atoms with E-state index in [1.165, 1.54) is 11.8 Å². The number of nitrogens with zero attached hydrogens (tertiary/aromatic N) is 1. The molecule has 26 heavy (non-hydrogen) atoms. The van der Waals surface area contributed by atoms with Crippen LogP contribution in [0.3, 0.4) is 0 Å². The van der Waals surface area contributed by atoms with Gasteiger partial charge in [-0.15, -0.1) is 0 Å². The van der Waals surface area contributed by atoms with E-state index in [0.29, 0.717) is 6.42 Å². The first kappa shape index (κ1) is 18.0. The van der Waals surface area contributed by atoms with E-state index in [0.717, 1.165) is 23.8 Å². The molecule has 0 radical (unpaired) electrons. The van der Waals surface area contributed by atoms with Crippen LogP contribution in [0.1, 0.15) is 30.4 Å². The van der Waals surface area contributed by atoms with E-state index in [2.05, 4.69) is 0 Å². The van der Waals surface area contributed by atoms with Crippen LogP contribution in [0.15, 0.2) is 48.5 Å². The van der Waals surface area contributed by atoms with Gasteiger partial charge in [0, 0.05) is 12.5 Å². The SMILES string of the molecule is CC(C(=O)O)N(Cc1ccccc1)C(=O)C1CC1c1cc(F)ccc1F. The Balaban J connectivity index is 1.80. The van der Waals surface area contributed by atoms with Crippen LogP contribution in [0.2, 0.25) is 0 Å². The number of carboxylic acids is 1. The van der Waals surface area contributed by atoms with Crippen LogP contribution in [0.4, 0.5) is 8.78 Å². The van der Waals surface area contributed by atoms with Crippen molar-refractivity contribution in [3.05, 3.63) is 71.3 Å². The zero-order chi connectivity index (χ0) is 18.8. The summed E-state index contributed by atoms with van der Waals surface area (Å²) >= 11 is 0. The first-order valence-electron chi connectivity index (χ1n) is 8.40. The van der Waals surface area contributed by atoms with Gasteiger partial charge in [0.2, 0.25) is 5.91 Å². The van der Waals surface area contributed by atoms with Gasteiger partial charge in [0.15, 0.2) is 0 Å². The second-order valence-corrected chi connectivity index (χ2v) is 6.58. The average molecular weight is 359 g/mol. The minimum Gasteiger partial charge on any atom is -0.480 e. The van der Waals surface area contributed by atoms with Gasteiger partial charge in [-0.25, -0.2) is 13.6 Å². The Morgan fingerprint density at radius 1 is 1.19 bits per heavy atom. The van der Waals surface area contributed by atoms with Gasteiger partial charge in [0.25, 0.3) is 0 Å². The first-order valence-corrected chi connectivity index (χ1v) is 8.40. The molecule has 1 aliphatic rings. The predicted molar refractivity (Wildman–Crippen MR) is 91.3 cm³/mol. The molecule has 0 aromatic heterocycles. The highest BCUT2D eigenvalue weighted by molar-refractivity contribution is 5.87. The summed E-state index contributed by atoms with van der Waals surface area (Å²) in [7, 11) is 0. The van der Waals surface area contributed by atoms with Crippen molar-refractivity contribution >= 4 is 11.9 Å². The molecule has 0 spiro atoms. The smallest absolute Gasteiger partial charge is 0.326 e. The molecule has 3 atom stereocenters. The van der Waals surface area contributed by atoms with Gasteiger partial charge in [0.05, 0.1) is 0 Å². The summed E-state index contributed by atoms with van der Waals surface area (Å²) in [5.74, 6) is -3.51. The molecule has 0 heterocycles. The standard InChI is InChI=1S/C20H19F2NO3/c1-12(20(25)26)23(11-13-5-3-2-4-6-13)19(24)17-10-15(17)16-9-14(21)7-8-18(16)22/h2-9,12,15,17H,10-11H2,1H3,(H,25,26). The number of carboxylic acid groups (broad SMARTS) is 1. The molecule has 2 aromatic carbocycles. The van der Waals surface area contributed by atoms with Crippen molar-refractivity contribution in [3.8, 4) is 0 Å². The molecule has 1 amide bonds. The van der Waals surface area contributed by atoms with Crippen LogP contribution >= 0.6 is 0 Å². The number of halogens is 2. The molecule has 1 fully saturated rings. The maximum atomic E-state index is 13.9. The van der Waals surface area contributed by atoms with E-state index < -0.39 is 35.5 Å². The first-order chi connectivity index (χ1) is 12.4. The summed E-state index contributed by atoms with van der Waals surface area (Å²) in [4.78, 5) is 25.6. The van der Waals surface area contributed by atoms with Gasteiger partial charge < -0.3 is 10.0 Å². The molecule has 4 nitrogen and oxygen atoms in total. The Morgan fingerprint density at radius 3 is 2.54 bits per heavy atom. The van der Waals surface area contributed by atoms with Crippen molar-refractivity contribution in [2.45, 2.75) is 31.8 Å². The van der Waals surface area contributed by atoms with E-state index >= 15 is 0 Å². The monoisotopic (exact) mass is 359 g/mol. The maximum absolute atomic E-state index is 13.9. The molecule has 136 valence electrons. The maximum Gasteiger partial charge on any atom is 0.326 e. The van der Waals surface area contributed by atoms with E-state index in [-0.39, 0.29) is 18.0 Å². The molecule has 1 N–H and O–H groups in total. The Morgan fingerprint density at radius 2 is 1.88 bits per heavy atom. The van der Waals surface area contributed by atoms with Crippen LogP contribution in [0, 0.1) is 17.6 Å². The zero-order valence-electron chi connectivity index (χ0n) is 14.2. The molecule has 1 saturated carbocycles. The Hall–Kier alpha value is -2.76. The predicted octanol–water partition coefficient (Wildman–Crippen LogP) is 3.57. The van der Waals surface area contributed by atoms with E-state index in [1.807, 2.05) is 30.3 Å². The number of carbonyl (C=O) groups excluding carboxylic acids is 1. The van der Waals surface area contributed by atoms with Crippen molar-refractivity contribution in [3.63, 3.8) is 0 Å². The van der Waals surface area contributed by atoms with Crippen molar-refractivity contribution in [2.75, 3.05) is 0 Å². The number of benzene rings is 2. The Bertz CT molecular complexity index is 825. The summed E-state index contributed by atoms with van der Waals surface area (Å²) in [6.45, 7) is 1.60. The molecular formula is C20H19F2NO3. The number of hydrogen-bond donors (Lipinski definition) is 1. The lowest BCUT2D eigenvalue weighted by Gasteiger charge is -2.27. The lowest BCUT2D eigenvalue weighted by molar-refractivity contribution is -0.150. The fourth-order valence-corrected chi connectivity index (χ4v) is 3.14. The van der Waals surface area contributed by atoms with Crippen LogP contribution in [-0.2, 0) is 16.1 Å². The van der Waals surface area contributed by atoms with Crippen LogP contribution in [0.25, 0.3) is 0 Å². The number of aliphatic carboxylic acids is 1. The number of hydrogen-bond acceptors (Lipinski definition) is 2. The summed E-state index contributed by atoms with van der Waals surface area (Å²) in [5, 5.41) is 9.34. The van der Waals surface area contributed by atoms with Crippen LogP contribution in [-0.4, -0.2) is 27.9 Å². The molecular weight excluding hydrogens is 340 g/mol. The lowest BCUT2D eigenvalue weighted by Crippen LogP contribution is -2.43. The quantitative estimate of drug-likeness (QED) is 0.858. The van der Waals surface area contributed by atoms with Crippen LogP contribution in [0.5, 0.6) is 0 Å². The molecule has 2 aromatic rings.